The van der Waals surface area contributed by atoms with Crippen molar-refractivity contribution in [2.75, 3.05) is 6.61 Å². The second kappa shape index (κ2) is 9.64. The molecule has 8 nitrogen and oxygen atoms in total. The lowest BCUT2D eigenvalue weighted by Crippen LogP contribution is -2.49. The number of esters is 1. The molecule has 2 aliphatic heterocycles. The van der Waals surface area contributed by atoms with Crippen molar-refractivity contribution >= 4 is 25.9 Å². The molecule has 1 aliphatic carbocycles. The fourth-order valence-electron chi connectivity index (χ4n) is 6.30. The van der Waals surface area contributed by atoms with Crippen LogP contribution in [0.3, 0.4) is 0 Å². The summed E-state index contributed by atoms with van der Waals surface area (Å²) in [6, 6.07) is 9.00. The molecule has 0 amide bonds. The van der Waals surface area contributed by atoms with Gasteiger partial charge in [-0.05, 0) is 47.6 Å². The van der Waals surface area contributed by atoms with Gasteiger partial charge in [0.05, 0.1) is 18.6 Å². The van der Waals surface area contributed by atoms with Gasteiger partial charge >= 0.3 is 5.97 Å². The minimum Gasteiger partial charge on any atom is -0.505 e. The lowest BCUT2D eigenvalue weighted by Gasteiger charge is -2.35. The van der Waals surface area contributed by atoms with Crippen LogP contribution in [0, 0.1) is 0 Å². The first-order valence-corrected chi connectivity index (χ1v) is 17.3. The number of aromatic nitrogens is 4. The van der Waals surface area contributed by atoms with E-state index >= 15 is 0 Å². The maximum Gasteiger partial charge on any atom is 0.342 e. The number of aliphatic hydroxyl groups is 2. The molecule has 1 atom stereocenters. The Bertz CT molecular complexity index is 1600. The van der Waals surface area contributed by atoms with E-state index in [4.69, 9.17) is 9.72 Å². The Labute approximate surface area is 229 Å². The number of hydrogen-bond donors (Lipinski definition) is 2. The third-order valence-corrected chi connectivity index (χ3v) is 12.1. The van der Waals surface area contributed by atoms with Gasteiger partial charge in [-0.15, -0.1) is 0 Å². The van der Waals surface area contributed by atoms with E-state index in [0.717, 1.165) is 18.4 Å². The molecular formula is C30H36N4O4Si. The number of imidazole rings is 2. The van der Waals surface area contributed by atoms with Crippen LogP contribution in [0.2, 0.25) is 25.2 Å². The zero-order valence-electron chi connectivity index (χ0n) is 22.9. The van der Waals surface area contributed by atoms with Gasteiger partial charge in [0.1, 0.15) is 23.2 Å². The van der Waals surface area contributed by atoms with Crippen molar-refractivity contribution < 1.29 is 19.7 Å². The summed E-state index contributed by atoms with van der Waals surface area (Å²) < 4.78 is 9.52. The summed E-state index contributed by atoms with van der Waals surface area (Å²) in [5.41, 5.74) is 4.59. The third kappa shape index (κ3) is 4.47. The van der Waals surface area contributed by atoms with Gasteiger partial charge in [0.2, 0.25) is 0 Å². The highest BCUT2D eigenvalue weighted by Crippen LogP contribution is 2.36. The SMILES string of the molecule is CC[C@@]1(O)C(=O)OCC2=C1Cc1nc3n(c1=C2O)Cc1c(cccc1CC[Si](C)(C)CCCn1ccnc1)C=3. The van der Waals surface area contributed by atoms with Crippen molar-refractivity contribution in [1.29, 1.82) is 0 Å². The van der Waals surface area contributed by atoms with Crippen molar-refractivity contribution in [3.8, 4) is 0 Å². The summed E-state index contributed by atoms with van der Waals surface area (Å²) in [5.74, 6) is -0.592. The van der Waals surface area contributed by atoms with Gasteiger partial charge in [0.15, 0.2) is 5.60 Å². The van der Waals surface area contributed by atoms with Crippen molar-refractivity contribution in [1.82, 2.24) is 19.1 Å². The molecule has 1 aromatic carbocycles. The van der Waals surface area contributed by atoms with E-state index in [2.05, 4.69) is 51.5 Å². The van der Waals surface area contributed by atoms with Crippen molar-refractivity contribution in [3.63, 3.8) is 0 Å². The summed E-state index contributed by atoms with van der Waals surface area (Å²) in [5, 5.41) is 23.1. The molecule has 0 spiro atoms. The lowest BCUT2D eigenvalue weighted by atomic mass is 9.80. The number of cyclic esters (lactones) is 1. The van der Waals surface area contributed by atoms with Crippen molar-refractivity contribution in [2.45, 2.75) is 76.5 Å². The number of aliphatic hydroxyl groups excluding tert-OH is 1. The number of fused-ring (bicyclic) bond motifs is 4. The molecule has 0 saturated carbocycles. The van der Waals surface area contributed by atoms with Gasteiger partial charge in [-0.3, -0.25) is 0 Å². The predicted octanol–water partition coefficient (Wildman–Crippen LogP) is 2.83. The molecule has 0 unspecified atom stereocenters. The number of benzene rings is 1. The topological polar surface area (TPSA) is 102 Å². The molecule has 39 heavy (non-hydrogen) atoms. The molecule has 2 aromatic heterocycles. The average Bonchev–Trinajstić information content (AvgIpc) is 3.56. The van der Waals surface area contributed by atoms with E-state index in [1.165, 1.54) is 35.2 Å². The highest BCUT2D eigenvalue weighted by molar-refractivity contribution is 6.77. The van der Waals surface area contributed by atoms with E-state index < -0.39 is 19.6 Å². The summed E-state index contributed by atoms with van der Waals surface area (Å²) >= 11 is 0. The number of hydrogen-bond acceptors (Lipinski definition) is 6. The standard InChI is InChI=1S/C30H36N4O4Si/c1-4-30(37)24-16-25-27(28(35)23(24)18-38-29(30)36)34-17-22-20(7-5-8-21(22)15-26(34)32-25)9-14-39(2,3)13-6-11-33-12-10-31-19-33/h5,7-8,10,12,15,19,35,37H,4,6,9,11,13-14,16-18H2,1-3H3/t30-/m0/s1. The van der Waals surface area contributed by atoms with Crippen LogP contribution >= 0.6 is 0 Å². The molecule has 3 aliphatic rings. The molecule has 9 heteroatoms. The largest absolute Gasteiger partial charge is 0.505 e. The minimum atomic E-state index is -1.72. The molecule has 0 fully saturated rings. The normalized spacial score (nSPS) is 20.1. The molecule has 3 aromatic rings. The van der Waals surface area contributed by atoms with Crippen LogP contribution in [0.25, 0.3) is 11.8 Å². The van der Waals surface area contributed by atoms with Gasteiger partial charge in [-0.25, -0.2) is 14.8 Å². The maximum atomic E-state index is 12.4. The molecule has 2 N–H and O–H groups in total. The number of aryl methyl sites for hydroxylation is 2. The smallest absolute Gasteiger partial charge is 0.342 e. The van der Waals surface area contributed by atoms with Crippen LogP contribution in [0.5, 0.6) is 0 Å². The van der Waals surface area contributed by atoms with Gasteiger partial charge in [0, 0.05) is 39.0 Å². The molecule has 6 rings (SSSR count). The Hall–Kier alpha value is -3.43. The number of carbonyl (C=O) groups is 1. The fourth-order valence-corrected chi connectivity index (χ4v) is 8.61. The van der Waals surface area contributed by atoms with E-state index in [9.17, 15) is 15.0 Å². The third-order valence-electron chi connectivity index (χ3n) is 8.79. The molecule has 204 valence electrons. The first-order chi connectivity index (χ1) is 18.7. The van der Waals surface area contributed by atoms with Crippen molar-refractivity contribution in [3.05, 3.63) is 81.3 Å². The maximum absolute atomic E-state index is 12.4. The second-order valence-corrected chi connectivity index (χ2v) is 17.1. The van der Waals surface area contributed by atoms with Gasteiger partial charge < -0.3 is 24.1 Å². The first kappa shape index (κ1) is 25.8. The first-order valence-electron chi connectivity index (χ1n) is 13.9. The van der Waals surface area contributed by atoms with E-state index in [1.807, 2.05) is 18.7 Å². The average molecular weight is 545 g/mol. The Kier molecular flexibility index (Phi) is 6.38. The van der Waals surface area contributed by atoms with Crippen molar-refractivity contribution in [2.24, 2.45) is 0 Å². The predicted molar refractivity (Wildman–Crippen MR) is 151 cm³/mol. The quantitative estimate of drug-likeness (QED) is 0.261. The van der Waals surface area contributed by atoms with Crippen LogP contribution < -0.4 is 10.8 Å². The van der Waals surface area contributed by atoms with Gasteiger partial charge in [-0.2, -0.15) is 0 Å². The Morgan fingerprint density at radius 2 is 2.08 bits per heavy atom. The van der Waals surface area contributed by atoms with Gasteiger partial charge in [-0.1, -0.05) is 50.3 Å². The van der Waals surface area contributed by atoms with Crippen LogP contribution in [0.1, 0.15) is 42.1 Å². The van der Waals surface area contributed by atoms with E-state index in [-0.39, 0.29) is 18.8 Å². The zero-order valence-corrected chi connectivity index (χ0v) is 23.9. The summed E-state index contributed by atoms with van der Waals surface area (Å²) in [6.45, 7) is 8.34. The van der Waals surface area contributed by atoms with E-state index in [0.29, 0.717) is 35.2 Å². The van der Waals surface area contributed by atoms with Crippen LogP contribution in [-0.2, 0) is 35.5 Å². The van der Waals surface area contributed by atoms with Crippen LogP contribution in [0.4, 0.5) is 0 Å². The highest BCUT2D eigenvalue weighted by atomic mass is 28.3. The van der Waals surface area contributed by atoms with Crippen LogP contribution in [0.15, 0.2) is 48.1 Å². The van der Waals surface area contributed by atoms with Gasteiger partial charge in [0.25, 0.3) is 0 Å². The Morgan fingerprint density at radius 3 is 2.85 bits per heavy atom. The highest BCUT2D eigenvalue weighted by Gasteiger charge is 2.47. The second-order valence-electron chi connectivity index (χ2n) is 11.8. The Morgan fingerprint density at radius 1 is 1.23 bits per heavy atom. The summed E-state index contributed by atoms with van der Waals surface area (Å²) in [4.78, 5) is 21.4. The fraction of sp³-hybridized carbons (Fsp3) is 0.433. The molecular weight excluding hydrogens is 508 g/mol. The lowest BCUT2D eigenvalue weighted by molar-refractivity contribution is -0.163. The molecule has 4 heterocycles. The monoisotopic (exact) mass is 544 g/mol. The summed E-state index contributed by atoms with van der Waals surface area (Å²) in [7, 11) is -1.38. The number of ether oxygens (including phenoxy) is 1. The number of rotatable bonds is 8. The van der Waals surface area contributed by atoms with E-state index in [1.54, 1.807) is 6.92 Å². The van der Waals surface area contributed by atoms with Crippen LogP contribution in [-0.4, -0.2) is 55.6 Å². The number of nitrogens with zero attached hydrogens (tertiary/aromatic N) is 4. The molecule has 0 radical (unpaired) electrons. The Balaban J connectivity index is 1.27. The molecule has 0 saturated heterocycles. The summed E-state index contributed by atoms with van der Waals surface area (Å²) in [6.07, 6.45) is 10.6. The molecule has 0 bridgehead atoms. The minimum absolute atomic E-state index is 0.0334. The number of carbonyl (C=O) groups excluding carboxylic acids is 1. The zero-order chi connectivity index (χ0) is 27.4.